The van der Waals surface area contributed by atoms with Gasteiger partial charge in [-0.1, -0.05) is 48.5 Å². The van der Waals surface area contributed by atoms with E-state index in [4.69, 9.17) is 0 Å². The highest BCUT2D eigenvalue weighted by atomic mass is 32.2. The summed E-state index contributed by atoms with van der Waals surface area (Å²) < 4.78 is 51.1. The van der Waals surface area contributed by atoms with E-state index >= 15 is 0 Å². The van der Waals surface area contributed by atoms with Crippen LogP contribution >= 0.6 is 0 Å². The number of para-hydroxylation sites is 1. The zero-order chi connectivity index (χ0) is 23.5. The summed E-state index contributed by atoms with van der Waals surface area (Å²) in [6.07, 6.45) is 0.425. The second kappa shape index (κ2) is 9.92. The van der Waals surface area contributed by atoms with Gasteiger partial charge in [0.2, 0.25) is 15.9 Å². The summed E-state index contributed by atoms with van der Waals surface area (Å²) in [5.41, 5.74) is 1.44. The van der Waals surface area contributed by atoms with Gasteiger partial charge in [-0.25, -0.2) is 16.8 Å². The molecule has 2 heterocycles. The van der Waals surface area contributed by atoms with E-state index in [0.717, 1.165) is 5.56 Å². The van der Waals surface area contributed by atoms with Gasteiger partial charge in [0.05, 0.1) is 29.8 Å². The van der Waals surface area contributed by atoms with Gasteiger partial charge in [-0.05, 0) is 24.1 Å². The monoisotopic (exact) mass is 491 g/mol. The molecule has 1 amide bonds. The molecule has 4 rings (SSSR count). The Bertz CT molecular complexity index is 1160. The van der Waals surface area contributed by atoms with Crippen molar-refractivity contribution in [2.75, 3.05) is 49.1 Å². The number of anilines is 1. The molecule has 33 heavy (non-hydrogen) atoms. The van der Waals surface area contributed by atoms with Gasteiger partial charge in [0.1, 0.15) is 0 Å². The number of rotatable bonds is 7. The van der Waals surface area contributed by atoms with Crippen LogP contribution in [-0.4, -0.2) is 82.2 Å². The molecule has 0 radical (unpaired) electrons. The highest BCUT2D eigenvalue weighted by Crippen LogP contribution is 2.25. The standard InChI is InChI=1S/C23H29N3O5S2/c27-23(26(21-9-5-2-6-10-21)22-11-16-32(28,29)19-22)17-24-12-14-25(15-13-24)33(30,31)18-20-7-3-1-4-8-20/h1-10,22H,11-19H2/t22-/m1/s1. The van der Waals surface area contributed by atoms with Gasteiger partial charge in [-0.3, -0.25) is 9.69 Å². The lowest BCUT2D eigenvalue weighted by Crippen LogP contribution is -2.53. The molecular weight excluding hydrogens is 462 g/mol. The van der Waals surface area contributed by atoms with Crippen molar-refractivity contribution < 1.29 is 21.6 Å². The molecule has 8 nitrogen and oxygen atoms in total. The minimum absolute atomic E-state index is 0.0286. The van der Waals surface area contributed by atoms with Crippen molar-refractivity contribution in [3.8, 4) is 0 Å². The first-order valence-electron chi connectivity index (χ1n) is 11.1. The van der Waals surface area contributed by atoms with Crippen molar-refractivity contribution in [2.24, 2.45) is 0 Å². The molecule has 0 spiro atoms. The normalized spacial score (nSPS) is 21.6. The Balaban J connectivity index is 1.39. The van der Waals surface area contributed by atoms with E-state index in [2.05, 4.69) is 0 Å². The van der Waals surface area contributed by atoms with E-state index in [-0.39, 0.29) is 35.8 Å². The topological polar surface area (TPSA) is 95.1 Å². The predicted molar refractivity (Wildman–Crippen MR) is 128 cm³/mol. The number of nitrogens with zero attached hydrogens (tertiary/aromatic N) is 3. The van der Waals surface area contributed by atoms with E-state index in [9.17, 15) is 21.6 Å². The molecule has 0 bridgehead atoms. The maximum atomic E-state index is 13.3. The third-order valence-electron chi connectivity index (χ3n) is 6.15. The molecule has 1 atom stereocenters. The summed E-state index contributed by atoms with van der Waals surface area (Å²) in [6.45, 7) is 1.67. The Hall–Kier alpha value is -2.27. The summed E-state index contributed by atoms with van der Waals surface area (Å²) in [5.74, 6) is -0.139. The lowest BCUT2D eigenvalue weighted by Gasteiger charge is -2.36. The molecule has 2 aromatic rings. The molecule has 0 aliphatic carbocycles. The Kier molecular flexibility index (Phi) is 7.18. The summed E-state index contributed by atoms with van der Waals surface area (Å²) in [6, 6.07) is 17.9. The number of carbonyl (C=O) groups excluding carboxylic acids is 1. The number of sulfone groups is 1. The van der Waals surface area contributed by atoms with Crippen LogP contribution in [0.5, 0.6) is 0 Å². The molecule has 2 aromatic carbocycles. The van der Waals surface area contributed by atoms with E-state index in [1.54, 1.807) is 17.0 Å². The zero-order valence-corrected chi connectivity index (χ0v) is 20.0. The van der Waals surface area contributed by atoms with Crippen molar-refractivity contribution in [3.05, 3.63) is 66.2 Å². The van der Waals surface area contributed by atoms with E-state index in [1.807, 2.05) is 53.4 Å². The number of hydrogen-bond acceptors (Lipinski definition) is 6. The average Bonchev–Trinajstić information content (AvgIpc) is 3.14. The van der Waals surface area contributed by atoms with Crippen LogP contribution in [0.2, 0.25) is 0 Å². The van der Waals surface area contributed by atoms with Crippen molar-refractivity contribution in [1.82, 2.24) is 9.21 Å². The molecule has 2 aliphatic rings. The van der Waals surface area contributed by atoms with E-state index < -0.39 is 19.9 Å². The summed E-state index contributed by atoms with van der Waals surface area (Å²) in [7, 11) is -6.57. The molecule has 0 unspecified atom stereocenters. The number of piperazine rings is 1. The Morgan fingerprint density at radius 2 is 1.55 bits per heavy atom. The first-order chi connectivity index (χ1) is 15.7. The van der Waals surface area contributed by atoms with Gasteiger partial charge in [-0.2, -0.15) is 4.31 Å². The first kappa shape index (κ1) is 23.9. The van der Waals surface area contributed by atoms with Crippen LogP contribution < -0.4 is 4.90 Å². The summed E-state index contributed by atoms with van der Waals surface area (Å²) >= 11 is 0. The minimum atomic E-state index is -3.43. The molecule has 0 N–H and O–H groups in total. The Labute approximate surface area is 195 Å². The van der Waals surface area contributed by atoms with Crippen LogP contribution in [0.25, 0.3) is 0 Å². The van der Waals surface area contributed by atoms with Crippen molar-refractivity contribution in [3.63, 3.8) is 0 Å². The maximum Gasteiger partial charge on any atom is 0.241 e. The van der Waals surface area contributed by atoms with Crippen LogP contribution in [0.4, 0.5) is 5.69 Å². The number of amides is 1. The third-order valence-corrected chi connectivity index (χ3v) is 9.75. The van der Waals surface area contributed by atoms with Gasteiger partial charge >= 0.3 is 0 Å². The van der Waals surface area contributed by atoms with Crippen LogP contribution in [0.1, 0.15) is 12.0 Å². The fraction of sp³-hybridized carbons (Fsp3) is 0.435. The van der Waals surface area contributed by atoms with E-state index in [0.29, 0.717) is 38.3 Å². The molecule has 0 saturated carbocycles. The van der Waals surface area contributed by atoms with Gasteiger partial charge in [-0.15, -0.1) is 0 Å². The smallest absolute Gasteiger partial charge is 0.241 e. The largest absolute Gasteiger partial charge is 0.307 e. The number of benzene rings is 2. The molecule has 0 aromatic heterocycles. The second-order valence-electron chi connectivity index (χ2n) is 8.57. The molecule has 178 valence electrons. The molecule has 2 saturated heterocycles. The van der Waals surface area contributed by atoms with Crippen LogP contribution in [0, 0.1) is 0 Å². The number of hydrogen-bond donors (Lipinski definition) is 0. The quantitative estimate of drug-likeness (QED) is 0.580. The van der Waals surface area contributed by atoms with Crippen LogP contribution in [0.15, 0.2) is 60.7 Å². The maximum absolute atomic E-state index is 13.3. The fourth-order valence-corrected chi connectivity index (χ4v) is 7.65. The minimum Gasteiger partial charge on any atom is -0.307 e. The van der Waals surface area contributed by atoms with Gasteiger partial charge in [0, 0.05) is 31.9 Å². The number of sulfonamides is 1. The van der Waals surface area contributed by atoms with Gasteiger partial charge < -0.3 is 4.90 Å². The average molecular weight is 492 g/mol. The zero-order valence-electron chi connectivity index (χ0n) is 18.4. The van der Waals surface area contributed by atoms with Crippen molar-refractivity contribution >= 4 is 31.5 Å². The highest BCUT2D eigenvalue weighted by Gasteiger charge is 2.36. The third kappa shape index (κ3) is 6.00. The first-order valence-corrected chi connectivity index (χ1v) is 14.5. The van der Waals surface area contributed by atoms with Crippen LogP contribution in [-0.2, 0) is 30.4 Å². The molecule has 2 aliphatic heterocycles. The number of carbonyl (C=O) groups is 1. The summed E-state index contributed by atoms with van der Waals surface area (Å²) in [5, 5.41) is 0. The van der Waals surface area contributed by atoms with Crippen molar-refractivity contribution in [2.45, 2.75) is 18.2 Å². The van der Waals surface area contributed by atoms with Crippen molar-refractivity contribution in [1.29, 1.82) is 0 Å². The lowest BCUT2D eigenvalue weighted by molar-refractivity contribution is -0.120. The molecule has 10 heteroatoms. The second-order valence-corrected chi connectivity index (χ2v) is 12.8. The summed E-state index contributed by atoms with van der Waals surface area (Å²) in [4.78, 5) is 16.8. The van der Waals surface area contributed by atoms with Gasteiger partial charge in [0.15, 0.2) is 9.84 Å². The van der Waals surface area contributed by atoms with E-state index in [1.165, 1.54) is 4.31 Å². The highest BCUT2D eigenvalue weighted by molar-refractivity contribution is 7.91. The Morgan fingerprint density at radius 1 is 0.939 bits per heavy atom. The lowest BCUT2D eigenvalue weighted by atomic mass is 10.1. The fourth-order valence-electron chi connectivity index (χ4n) is 4.44. The molecule has 2 fully saturated rings. The van der Waals surface area contributed by atoms with Gasteiger partial charge in [0.25, 0.3) is 0 Å². The molecular formula is C23H29N3O5S2. The Morgan fingerprint density at radius 3 is 2.12 bits per heavy atom. The van der Waals surface area contributed by atoms with Crippen LogP contribution in [0.3, 0.4) is 0 Å². The SMILES string of the molecule is O=C(CN1CCN(S(=O)(=O)Cc2ccccc2)CC1)N(c1ccccc1)[C@@H]1CCS(=O)(=O)C1. The predicted octanol–water partition coefficient (Wildman–Crippen LogP) is 1.35.